The third kappa shape index (κ3) is 4.19. The fourth-order valence-electron chi connectivity index (χ4n) is 3.26. The van der Waals surface area contributed by atoms with Crippen LogP contribution >= 0.6 is 0 Å². The zero-order valence-electron chi connectivity index (χ0n) is 14.9. The summed E-state index contributed by atoms with van der Waals surface area (Å²) in [6.07, 6.45) is 5.01. The van der Waals surface area contributed by atoms with Crippen LogP contribution in [-0.4, -0.2) is 40.6 Å². The second-order valence-electron chi connectivity index (χ2n) is 6.75. The minimum Gasteiger partial charge on any atom is -0.445 e. The first kappa shape index (κ1) is 17.3. The lowest BCUT2D eigenvalue weighted by Crippen LogP contribution is -2.47. The van der Waals surface area contributed by atoms with Crippen LogP contribution in [0.3, 0.4) is 0 Å². The highest BCUT2D eigenvalue weighted by Crippen LogP contribution is 2.35. The van der Waals surface area contributed by atoms with E-state index in [2.05, 4.69) is 10.1 Å². The molecule has 0 saturated carbocycles. The number of pyridine rings is 1. The highest BCUT2D eigenvalue weighted by molar-refractivity contribution is 5.80. The van der Waals surface area contributed by atoms with Gasteiger partial charge in [-0.1, -0.05) is 35.5 Å². The number of carbonyl (C=O) groups excluding carboxylic acids is 1. The molecule has 3 heterocycles. The third-order valence-electron chi connectivity index (χ3n) is 4.82. The van der Waals surface area contributed by atoms with Gasteiger partial charge in [0.15, 0.2) is 0 Å². The number of aromatic nitrogens is 1. The first-order chi connectivity index (χ1) is 13.2. The molecule has 1 aromatic carbocycles. The Kier molecular flexibility index (Phi) is 4.91. The van der Waals surface area contributed by atoms with Crippen LogP contribution in [-0.2, 0) is 16.2 Å². The van der Waals surface area contributed by atoms with Crippen molar-refractivity contribution in [3.05, 3.63) is 60.4 Å². The molecule has 27 heavy (non-hydrogen) atoms. The Morgan fingerprint density at radius 2 is 1.96 bits per heavy atom. The smallest absolute Gasteiger partial charge is 0.410 e. The molecule has 1 fully saturated rings. The Hall–Kier alpha value is -3.09. The fraction of sp³-hybridized carbons (Fsp3) is 0.350. The quantitative estimate of drug-likeness (QED) is 0.832. The summed E-state index contributed by atoms with van der Waals surface area (Å²) < 4.78 is 11.1. The van der Waals surface area contributed by atoms with Gasteiger partial charge in [-0.2, -0.15) is 0 Å². The van der Waals surface area contributed by atoms with Crippen LogP contribution < -0.4 is 4.74 Å². The molecule has 2 aromatic rings. The van der Waals surface area contributed by atoms with Gasteiger partial charge in [0.05, 0.1) is 12.6 Å². The molecule has 1 aromatic heterocycles. The highest BCUT2D eigenvalue weighted by atomic mass is 16.7. The Morgan fingerprint density at radius 3 is 2.70 bits per heavy atom. The normalized spacial score (nSPS) is 17.9. The van der Waals surface area contributed by atoms with Crippen molar-refractivity contribution < 1.29 is 19.1 Å². The molecule has 7 heteroatoms. The molecular formula is C20H21N3O4. The predicted octanol–water partition coefficient (Wildman–Crippen LogP) is 3.37. The highest BCUT2D eigenvalue weighted by Gasteiger charge is 2.44. The van der Waals surface area contributed by atoms with Crippen molar-refractivity contribution in [3.8, 4) is 5.75 Å². The third-order valence-corrected chi connectivity index (χ3v) is 4.82. The summed E-state index contributed by atoms with van der Waals surface area (Å²) in [7, 11) is 0. The number of piperidine rings is 1. The van der Waals surface area contributed by atoms with Crippen LogP contribution in [0.5, 0.6) is 5.75 Å². The zero-order valence-corrected chi connectivity index (χ0v) is 14.9. The van der Waals surface area contributed by atoms with E-state index in [-0.39, 0.29) is 12.7 Å². The topological polar surface area (TPSA) is 73.2 Å². The number of hydrogen-bond donors (Lipinski definition) is 0. The number of nitrogens with zero attached hydrogens (tertiary/aromatic N) is 3. The molecule has 0 bridgehead atoms. The van der Waals surface area contributed by atoms with Crippen molar-refractivity contribution in [2.45, 2.75) is 31.5 Å². The Balaban J connectivity index is 1.25. The number of ether oxygens (including phenoxy) is 2. The van der Waals surface area contributed by atoms with Crippen LogP contribution in [0, 0.1) is 0 Å². The van der Waals surface area contributed by atoms with Crippen LogP contribution in [0.25, 0.3) is 0 Å². The summed E-state index contributed by atoms with van der Waals surface area (Å²) in [5, 5.41) is 4.09. The van der Waals surface area contributed by atoms with Gasteiger partial charge < -0.3 is 19.2 Å². The van der Waals surface area contributed by atoms with Gasteiger partial charge in [0.2, 0.25) is 5.90 Å². The molecule has 1 amide bonds. The summed E-state index contributed by atoms with van der Waals surface area (Å²) in [4.78, 5) is 23.7. The largest absolute Gasteiger partial charge is 0.445 e. The first-order valence-corrected chi connectivity index (χ1v) is 9.01. The summed E-state index contributed by atoms with van der Waals surface area (Å²) >= 11 is 0. The van der Waals surface area contributed by atoms with Gasteiger partial charge in [-0.15, -0.1) is 0 Å². The van der Waals surface area contributed by atoms with Crippen LogP contribution in [0.15, 0.2) is 60.0 Å². The number of oxime groups is 1. The molecule has 7 nitrogen and oxygen atoms in total. The van der Waals surface area contributed by atoms with Crippen LogP contribution in [0.2, 0.25) is 0 Å². The van der Waals surface area contributed by atoms with Gasteiger partial charge in [0.25, 0.3) is 0 Å². The van der Waals surface area contributed by atoms with Crippen LogP contribution in [0.1, 0.15) is 24.8 Å². The summed E-state index contributed by atoms with van der Waals surface area (Å²) in [5.41, 5.74) is 0.581. The van der Waals surface area contributed by atoms with Gasteiger partial charge in [-0.25, -0.2) is 4.79 Å². The first-order valence-electron chi connectivity index (χ1n) is 9.01. The van der Waals surface area contributed by atoms with Gasteiger partial charge in [-0.3, -0.25) is 4.98 Å². The molecule has 0 aliphatic carbocycles. The maximum absolute atomic E-state index is 12.3. The van der Waals surface area contributed by atoms with Crippen molar-refractivity contribution in [2.75, 3.05) is 13.1 Å². The SMILES string of the molecule is O=C(OCc1ccccc1)N1CCC2(CC1)CC(Oc1cccnc1)=NO2. The Morgan fingerprint density at radius 1 is 1.15 bits per heavy atom. The van der Waals surface area contributed by atoms with E-state index in [0.29, 0.717) is 44.0 Å². The fourth-order valence-corrected chi connectivity index (χ4v) is 3.26. The van der Waals surface area contributed by atoms with E-state index in [1.54, 1.807) is 23.4 Å². The van der Waals surface area contributed by atoms with Crippen molar-refractivity contribution in [1.29, 1.82) is 0 Å². The lowest BCUT2D eigenvalue weighted by Gasteiger charge is -2.36. The minimum absolute atomic E-state index is 0.282. The molecule has 0 unspecified atom stereocenters. The molecule has 0 N–H and O–H groups in total. The summed E-state index contributed by atoms with van der Waals surface area (Å²) in [5.74, 6) is 1.18. The van der Waals surface area contributed by atoms with Crippen molar-refractivity contribution in [1.82, 2.24) is 9.88 Å². The zero-order chi connectivity index (χ0) is 18.5. The standard InChI is InChI=1S/C20H21N3O4/c24-19(25-15-16-5-2-1-3-6-16)23-11-8-20(9-12-23)13-18(22-27-20)26-17-7-4-10-21-14-17/h1-7,10,14H,8-9,11-13,15H2. The molecule has 2 aliphatic rings. The monoisotopic (exact) mass is 367 g/mol. The van der Waals surface area contributed by atoms with Gasteiger partial charge >= 0.3 is 6.09 Å². The van der Waals surface area contributed by atoms with E-state index in [4.69, 9.17) is 14.3 Å². The maximum Gasteiger partial charge on any atom is 0.410 e. The summed E-state index contributed by atoms with van der Waals surface area (Å²) in [6, 6.07) is 13.3. The molecule has 1 saturated heterocycles. The van der Waals surface area contributed by atoms with E-state index in [1.165, 1.54) is 0 Å². The maximum atomic E-state index is 12.3. The van der Waals surface area contributed by atoms with E-state index >= 15 is 0 Å². The van der Waals surface area contributed by atoms with E-state index in [0.717, 1.165) is 5.56 Å². The number of carbonyl (C=O) groups is 1. The second kappa shape index (κ2) is 7.65. The average molecular weight is 367 g/mol. The van der Waals surface area contributed by atoms with Crippen molar-refractivity contribution >= 4 is 12.0 Å². The van der Waals surface area contributed by atoms with Gasteiger partial charge in [0.1, 0.15) is 18.0 Å². The number of hydrogen-bond acceptors (Lipinski definition) is 6. The average Bonchev–Trinajstić information content (AvgIpc) is 3.10. The molecule has 140 valence electrons. The molecule has 1 spiro atoms. The van der Waals surface area contributed by atoms with E-state index < -0.39 is 5.60 Å². The lowest BCUT2D eigenvalue weighted by atomic mass is 9.89. The Bertz CT molecular complexity index is 802. The van der Waals surface area contributed by atoms with Gasteiger partial charge in [0, 0.05) is 32.1 Å². The number of likely N-dealkylation sites (tertiary alicyclic amines) is 1. The van der Waals surface area contributed by atoms with Crippen LogP contribution in [0.4, 0.5) is 4.79 Å². The number of amides is 1. The summed E-state index contributed by atoms with van der Waals surface area (Å²) in [6.45, 7) is 1.43. The van der Waals surface area contributed by atoms with E-state index in [1.807, 2.05) is 36.4 Å². The molecule has 2 aliphatic heterocycles. The van der Waals surface area contributed by atoms with E-state index in [9.17, 15) is 4.79 Å². The molecule has 0 atom stereocenters. The lowest BCUT2D eigenvalue weighted by molar-refractivity contribution is -0.0596. The van der Waals surface area contributed by atoms with Crippen molar-refractivity contribution in [3.63, 3.8) is 0 Å². The molecule has 4 rings (SSSR count). The van der Waals surface area contributed by atoms with Gasteiger partial charge in [-0.05, 0) is 17.7 Å². The van der Waals surface area contributed by atoms with Crippen molar-refractivity contribution in [2.24, 2.45) is 5.16 Å². The molecule has 0 radical (unpaired) electrons. The molecular weight excluding hydrogens is 346 g/mol. The Labute approximate surface area is 157 Å². The predicted molar refractivity (Wildman–Crippen MR) is 98.2 cm³/mol. The number of benzene rings is 1. The minimum atomic E-state index is -0.395. The number of rotatable bonds is 3. The second-order valence-corrected chi connectivity index (χ2v) is 6.75.